The molecule has 2 atom stereocenters. The molecule has 0 aliphatic carbocycles. The zero-order chi connectivity index (χ0) is 21.7. The standard InChI is InChI=1S/C25H35N3O2/c1-18-11-12-22(30-5)20(15-18)17-28-14-8-9-19(16-28)23(21-10-6-7-13-26-21)27-24(29)25(2,3)4/h6-7,10-13,15,19,23H,8-9,14,16-17H2,1-5H3,(H,27,29)/t19-,23+/m1/s1. The van der Waals surface area contributed by atoms with Crippen LogP contribution in [0.2, 0.25) is 0 Å². The lowest BCUT2D eigenvalue weighted by molar-refractivity contribution is -0.130. The molecule has 0 saturated carbocycles. The molecule has 1 aromatic carbocycles. The number of ether oxygens (including phenoxy) is 1. The number of likely N-dealkylation sites (tertiary alicyclic amines) is 1. The maximum absolute atomic E-state index is 12.8. The summed E-state index contributed by atoms with van der Waals surface area (Å²) in [7, 11) is 1.73. The van der Waals surface area contributed by atoms with Crippen molar-refractivity contribution in [3.05, 3.63) is 59.4 Å². The molecule has 0 bridgehead atoms. The van der Waals surface area contributed by atoms with E-state index in [1.54, 1.807) is 7.11 Å². The fourth-order valence-corrected chi connectivity index (χ4v) is 4.13. The highest BCUT2D eigenvalue weighted by Gasteiger charge is 2.33. The summed E-state index contributed by atoms with van der Waals surface area (Å²) in [5.74, 6) is 1.32. The van der Waals surface area contributed by atoms with Crippen LogP contribution in [0.25, 0.3) is 0 Å². The minimum Gasteiger partial charge on any atom is -0.496 e. The van der Waals surface area contributed by atoms with Gasteiger partial charge in [0.1, 0.15) is 5.75 Å². The number of amides is 1. The maximum Gasteiger partial charge on any atom is 0.225 e. The van der Waals surface area contributed by atoms with Crippen molar-refractivity contribution < 1.29 is 9.53 Å². The first-order valence-corrected chi connectivity index (χ1v) is 10.9. The second-order valence-electron chi connectivity index (χ2n) is 9.41. The smallest absolute Gasteiger partial charge is 0.225 e. The van der Waals surface area contributed by atoms with E-state index in [-0.39, 0.29) is 11.9 Å². The first-order chi connectivity index (χ1) is 14.3. The minimum absolute atomic E-state index is 0.0654. The Labute approximate surface area is 180 Å². The quantitative estimate of drug-likeness (QED) is 0.762. The maximum atomic E-state index is 12.8. The summed E-state index contributed by atoms with van der Waals surface area (Å²) in [6, 6.07) is 12.2. The summed E-state index contributed by atoms with van der Waals surface area (Å²) in [5, 5.41) is 3.31. The molecule has 5 nitrogen and oxygen atoms in total. The zero-order valence-electron chi connectivity index (χ0n) is 18.9. The van der Waals surface area contributed by atoms with Crippen molar-refractivity contribution >= 4 is 5.91 Å². The predicted molar refractivity (Wildman–Crippen MR) is 120 cm³/mol. The van der Waals surface area contributed by atoms with Gasteiger partial charge in [-0.2, -0.15) is 0 Å². The highest BCUT2D eigenvalue weighted by atomic mass is 16.5. The summed E-state index contributed by atoms with van der Waals surface area (Å²) < 4.78 is 5.58. The SMILES string of the molecule is COc1ccc(C)cc1CN1CCC[C@@H]([C@H](NC(=O)C(C)(C)C)c2ccccn2)C1. The summed E-state index contributed by atoms with van der Waals surface area (Å²) in [4.78, 5) is 19.9. The van der Waals surface area contributed by atoms with Crippen LogP contribution in [0.15, 0.2) is 42.6 Å². The molecule has 3 rings (SSSR count). The molecule has 2 heterocycles. The Morgan fingerprint density at radius 3 is 2.77 bits per heavy atom. The topological polar surface area (TPSA) is 54.5 Å². The molecule has 1 aromatic heterocycles. The van der Waals surface area contributed by atoms with Crippen molar-refractivity contribution in [3.8, 4) is 5.75 Å². The number of hydrogen-bond donors (Lipinski definition) is 1. The summed E-state index contributed by atoms with van der Waals surface area (Å²) in [6.07, 6.45) is 3.99. The molecule has 1 aliphatic heterocycles. The number of rotatable bonds is 6. The number of carbonyl (C=O) groups is 1. The van der Waals surface area contributed by atoms with Gasteiger partial charge < -0.3 is 10.1 Å². The van der Waals surface area contributed by atoms with E-state index >= 15 is 0 Å². The van der Waals surface area contributed by atoms with Gasteiger partial charge in [0.2, 0.25) is 5.91 Å². The van der Waals surface area contributed by atoms with Crippen LogP contribution >= 0.6 is 0 Å². The highest BCUT2D eigenvalue weighted by molar-refractivity contribution is 5.81. The van der Waals surface area contributed by atoms with Crippen molar-refractivity contribution in [3.63, 3.8) is 0 Å². The van der Waals surface area contributed by atoms with E-state index in [1.807, 2.05) is 51.2 Å². The van der Waals surface area contributed by atoms with Crippen LogP contribution in [0.4, 0.5) is 0 Å². The Morgan fingerprint density at radius 2 is 2.10 bits per heavy atom. The Balaban J connectivity index is 1.79. The number of piperidine rings is 1. The van der Waals surface area contributed by atoms with E-state index in [4.69, 9.17) is 4.74 Å². The molecule has 2 aromatic rings. The van der Waals surface area contributed by atoms with E-state index in [0.29, 0.717) is 5.92 Å². The molecule has 1 saturated heterocycles. The zero-order valence-corrected chi connectivity index (χ0v) is 18.9. The molecule has 1 fully saturated rings. The van der Waals surface area contributed by atoms with Crippen LogP contribution in [0.3, 0.4) is 0 Å². The average Bonchev–Trinajstić information content (AvgIpc) is 2.72. The van der Waals surface area contributed by atoms with Crippen LogP contribution in [-0.4, -0.2) is 36.0 Å². The van der Waals surface area contributed by atoms with Gasteiger partial charge >= 0.3 is 0 Å². The number of hydrogen-bond acceptors (Lipinski definition) is 4. The molecule has 1 amide bonds. The summed E-state index contributed by atoms with van der Waals surface area (Å²) >= 11 is 0. The van der Waals surface area contributed by atoms with E-state index in [2.05, 4.69) is 34.3 Å². The number of methoxy groups -OCH3 is 1. The van der Waals surface area contributed by atoms with E-state index in [1.165, 1.54) is 11.1 Å². The highest BCUT2D eigenvalue weighted by Crippen LogP contribution is 2.32. The fraction of sp³-hybridized carbons (Fsp3) is 0.520. The van der Waals surface area contributed by atoms with Crippen LogP contribution in [0.5, 0.6) is 5.75 Å². The van der Waals surface area contributed by atoms with E-state index in [0.717, 1.165) is 43.9 Å². The monoisotopic (exact) mass is 409 g/mol. The fourth-order valence-electron chi connectivity index (χ4n) is 4.13. The molecule has 0 radical (unpaired) electrons. The number of nitrogens with one attached hydrogen (secondary N) is 1. The number of pyridine rings is 1. The van der Waals surface area contributed by atoms with Gasteiger partial charge in [-0.15, -0.1) is 0 Å². The van der Waals surface area contributed by atoms with E-state index in [9.17, 15) is 4.79 Å². The van der Waals surface area contributed by atoms with Crippen molar-refractivity contribution in [2.24, 2.45) is 11.3 Å². The number of benzene rings is 1. The third-order valence-electron chi connectivity index (χ3n) is 5.82. The van der Waals surface area contributed by atoms with Crippen LogP contribution in [0.1, 0.15) is 56.5 Å². The minimum atomic E-state index is -0.434. The molecule has 0 spiro atoms. The Bertz CT molecular complexity index is 845. The predicted octanol–water partition coefficient (Wildman–Crippen LogP) is 4.51. The van der Waals surface area contributed by atoms with Gasteiger partial charge in [0.25, 0.3) is 0 Å². The Hall–Kier alpha value is -2.40. The lowest BCUT2D eigenvalue weighted by Gasteiger charge is -2.38. The van der Waals surface area contributed by atoms with Crippen LogP contribution in [-0.2, 0) is 11.3 Å². The van der Waals surface area contributed by atoms with Crippen molar-refractivity contribution in [2.45, 2.75) is 53.1 Å². The van der Waals surface area contributed by atoms with Crippen LogP contribution in [0, 0.1) is 18.3 Å². The van der Waals surface area contributed by atoms with Gasteiger partial charge in [0.05, 0.1) is 18.8 Å². The average molecular weight is 410 g/mol. The Morgan fingerprint density at radius 1 is 1.30 bits per heavy atom. The molecule has 1 aliphatic rings. The van der Waals surface area contributed by atoms with Gasteiger partial charge in [-0.3, -0.25) is 14.7 Å². The third kappa shape index (κ3) is 5.60. The first kappa shape index (κ1) is 22.3. The van der Waals surface area contributed by atoms with Gasteiger partial charge in [-0.1, -0.05) is 44.5 Å². The summed E-state index contributed by atoms with van der Waals surface area (Å²) in [5.41, 5.74) is 2.96. The number of nitrogens with zero attached hydrogens (tertiary/aromatic N) is 2. The molecule has 0 unspecified atom stereocenters. The second-order valence-corrected chi connectivity index (χ2v) is 9.41. The third-order valence-corrected chi connectivity index (χ3v) is 5.82. The molecule has 162 valence electrons. The number of aromatic nitrogens is 1. The van der Waals surface area contributed by atoms with E-state index < -0.39 is 5.41 Å². The molecular weight excluding hydrogens is 374 g/mol. The van der Waals surface area contributed by atoms with Gasteiger partial charge in [0, 0.05) is 30.3 Å². The van der Waals surface area contributed by atoms with Crippen molar-refractivity contribution in [2.75, 3.05) is 20.2 Å². The number of carbonyl (C=O) groups excluding carboxylic acids is 1. The molecular formula is C25H35N3O2. The van der Waals surface area contributed by atoms with Crippen molar-refractivity contribution in [1.82, 2.24) is 15.2 Å². The molecule has 1 N–H and O–H groups in total. The first-order valence-electron chi connectivity index (χ1n) is 10.9. The van der Waals surface area contributed by atoms with Gasteiger partial charge in [-0.05, 0) is 50.4 Å². The normalized spacial score (nSPS) is 18.6. The van der Waals surface area contributed by atoms with Crippen LogP contribution < -0.4 is 10.1 Å². The Kier molecular flexibility index (Phi) is 7.14. The number of aryl methyl sites for hydroxylation is 1. The second kappa shape index (κ2) is 9.61. The van der Waals surface area contributed by atoms with Gasteiger partial charge in [0.15, 0.2) is 0 Å². The van der Waals surface area contributed by atoms with Gasteiger partial charge in [-0.25, -0.2) is 0 Å². The summed E-state index contributed by atoms with van der Waals surface area (Å²) in [6.45, 7) is 10.8. The lowest BCUT2D eigenvalue weighted by Crippen LogP contribution is -2.45. The molecule has 5 heteroatoms. The van der Waals surface area contributed by atoms with Crippen molar-refractivity contribution in [1.29, 1.82) is 0 Å². The lowest BCUT2D eigenvalue weighted by atomic mass is 9.86. The largest absolute Gasteiger partial charge is 0.496 e. The molecule has 30 heavy (non-hydrogen) atoms.